The molecule has 0 aliphatic carbocycles. The lowest BCUT2D eigenvalue weighted by Crippen LogP contribution is -2.19. The van der Waals surface area contributed by atoms with Gasteiger partial charge in [0.05, 0.1) is 6.33 Å². The minimum Gasteiger partial charge on any atom is -0.396 e. The summed E-state index contributed by atoms with van der Waals surface area (Å²) in [7, 11) is 0. The Morgan fingerprint density at radius 3 is 2.86 bits per heavy atom. The van der Waals surface area contributed by atoms with Crippen molar-refractivity contribution in [3.8, 4) is 0 Å². The van der Waals surface area contributed by atoms with Crippen molar-refractivity contribution in [3.63, 3.8) is 0 Å². The van der Waals surface area contributed by atoms with Crippen molar-refractivity contribution in [1.82, 2.24) is 9.55 Å². The van der Waals surface area contributed by atoms with E-state index in [4.69, 9.17) is 5.11 Å². The van der Waals surface area contributed by atoms with Crippen LogP contribution < -0.4 is 5.56 Å². The van der Waals surface area contributed by atoms with Crippen LogP contribution >= 0.6 is 0 Å². The molecule has 14 heavy (non-hydrogen) atoms. The van der Waals surface area contributed by atoms with Crippen molar-refractivity contribution < 1.29 is 5.11 Å². The highest BCUT2D eigenvalue weighted by atomic mass is 16.2. The van der Waals surface area contributed by atoms with E-state index in [-0.39, 0.29) is 12.2 Å². The molecule has 4 heteroatoms. The second kappa shape index (κ2) is 5.54. The highest BCUT2D eigenvalue weighted by Gasteiger charge is 1.96. The summed E-state index contributed by atoms with van der Waals surface area (Å²) in [6.07, 6.45) is 4.23. The second-order valence-corrected chi connectivity index (χ2v) is 3.35. The minimum atomic E-state index is 0.00139. The van der Waals surface area contributed by atoms with Gasteiger partial charge in [0.15, 0.2) is 0 Å². The summed E-state index contributed by atoms with van der Waals surface area (Å²) in [6.45, 7) is 2.71. The van der Waals surface area contributed by atoms with Crippen LogP contribution in [0, 0.1) is 6.92 Å². The fourth-order valence-electron chi connectivity index (χ4n) is 1.26. The van der Waals surface area contributed by atoms with Crippen LogP contribution in [0.1, 0.15) is 25.0 Å². The molecule has 0 aromatic carbocycles. The number of hydrogen-bond donors (Lipinski definition) is 1. The summed E-state index contributed by atoms with van der Waals surface area (Å²) in [6, 6.07) is 1.53. The smallest absolute Gasteiger partial charge is 0.253 e. The molecule has 0 aliphatic heterocycles. The Bertz CT molecular complexity index is 333. The summed E-state index contributed by atoms with van der Waals surface area (Å²) in [5, 5.41) is 8.57. The van der Waals surface area contributed by atoms with Crippen LogP contribution in [0.15, 0.2) is 17.2 Å². The van der Waals surface area contributed by atoms with Crippen molar-refractivity contribution in [3.05, 3.63) is 28.4 Å². The van der Waals surface area contributed by atoms with Crippen molar-refractivity contribution in [2.24, 2.45) is 0 Å². The third kappa shape index (κ3) is 3.30. The van der Waals surface area contributed by atoms with Crippen LogP contribution in [0.5, 0.6) is 0 Å². The molecule has 0 saturated carbocycles. The number of unbranched alkanes of at least 4 members (excludes halogenated alkanes) is 2. The molecule has 0 aliphatic rings. The van der Waals surface area contributed by atoms with Gasteiger partial charge < -0.3 is 5.11 Å². The third-order valence-electron chi connectivity index (χ3n) is 2.07. The zero-order valence-corrected chi connectivity index (χ0v) is 8.44. The maximum atomic E-state index is 11.4. The van der Waals surface area contributed by atoms with E-state index in [1.54, 1.807) is 17.8 Å². The Hall–Kier alpha value is -1.16. The van der Waals surface area contributed by atoms with Crippen LogP contribution in [-0.2, 0) is 6.54 Å². The molecule has 0 radical (unpaired) electrons. The van der Waals surface area contributed by atoms with Crippen LogP contribution in [0.25, 0.3) is 0 Å². The van der Waals surface area contributed by atoms with Gasteiger partial charge >= 0.3 is 0 Å². The summed E-state index contributed by atoms with van der Waals surface area (Å²) in [5.74, 6) is 0. The average Bonchev–Trinajstić information content (AvgIpc) is 2.15. The standard InChI is InChI=1S/C10H16N2O2/c1-9-7-10(14)12(8-11-9)5-3-2-4-6-13/h7-8,13H,2-6H2,1H3. The van der Waals surface area contributed by atoms with Gasteiger partial charge in [0.2, 0.25) is 0 Å². The molecule has 1 N–H and O–H groups in total. The quantitative estimate of drug-likeness (QED) is 0.706. The van der Waals surface area contributed by atoms with Crippen molar-refractivity contribution >= 4 is 0 Å². The fraction of sp³-hybridized carbons (Fsp3) is 0.600. The summed E-state index contributed by atoms with van der Waals surface area (Å²) in [5.41, 5.74) is 0.753. The van der Waals surface area contributed by atoms with Gasteiger partial charge in [0, 0.05) is 24.9 Å². The van der Waals surface area contributed by atoms with Gasteiger partial charge in [-0.1, -0.05) is 0 Å². The molecule has 0 amide bonds. The van der Waals surface area contributed by atoms with E-state index < -0.39 is 0 Å². The van der Waals surface area contributed by atoms with Crippen molar-refractivity contribution in [1.29, 1.82) is 0 Å². The second-order valence-electron chi connectivity index (χ2n) is 3.35. The Morgan fingerprint density at radius 1 is 1.43 bits per heavy atom. The van der Waals surface area contributed by atoms with Gasteiger partial charge in [-0.2, -0.15) is 0 Å². The molecule has 1 aromatic rings. The number of nitrogens with zero attached hydrogens (tertiary/aromatic N) is 2. The maximum absolute atomic E-state index is 11.4. The Kier molecular flexibility index (Phi) is 4.32. The molecule has 0 bridgehead atoms. The van der Waals surface area contributed by atoms with Gasteiger partial charge in [-0.25, -0.2) is 4.98 Å². The van der Waals surface area contributed by atoms with E-state index in [0.29, 0.717) is 6.54 Å². The topological polar surface area (TPSA) is 55.1 Å². The highest BCUT2D eigenvalue weighted by Crippen LogP contribution is 1.96. The zero-order valence-electron chi connectivity index (χ0n) is 8.44. The number of aryl methyl sites for hydroxylation is 2. The normalized spacial score (nSPS) is 10.4. The minimum absolute atomic E-state index is 0.00139. The third-order valence-corrected chi connectivity index (χ3v) is 2.07. The average molecular weight is 196 g/mol. The molecule has 1 aromatic heterocycles. The molecule has 0 unspecified atom stereocenters. The predicted molar refractivity (Wildman–Crippen MR) is 54.2 cm³/mol. The lowest BCUT2D eigenvalue weighted by molar-refractivity contribution is 0.281. The van der Waals surface area contributed by atoms with E-state index >= 15 is 0 Å². The summed E-state index contributed by atoms with van der Waals surface area (Å²) < 4.78 is 1.60. The number of rotatable bonds is 5. The lowest BCUT2D eigenvalue weighted by atomic mass is 10.2. The summed E-state index contributed by atoms with van der Waals surface area (Å²) in [4.78, 5) is 15.4. The first kappa shape index (κ1) is 10.9. The molecule has 1 heterocycles. The van der Waals surface area contributed by atoms with E-state index in [1.165, 1.54) is 6.07 Å². The van der Waals surface area contributed by atoms with Crippen LogP contribution in [0.2, 0.25) is 0 Å². The zero-order chi connectivity index (χ0) is 10.4. The van der Waals surface area contributed by atoms with Gasteiger partial charge in [-0.3, -0.25) is 9.36 Å². The van der Waals surface area contributed by atoms with Gasteiger partial charge in [-0.15, -0.1) is 0 Å². The van der Waals surface area contributed by atoms with E-state index in [0.717, 1.165) is 25.0 Å². The molecule has 78 valence electrons. The van der Waals surface area contributed by atoms with Crippen LogP contribution in [0.3, 0.4) is 0 Å². The predicted octanol–water partition coefficient (Wildman–Crippen LogP) is 0.714. The molecule has 0 atom stereocenters. The van der Waals surface area contributed by atoms with E-state index in [2.05, 4.69) is 4.98 Å². The van der Waals surface area contributed by atoms with Gasteiger partial charge in [0.1, 0.15) is 0 Å². The molecule has 0 fully saturated rings. The lowest BCUT2D eigenvalue weighted by Gasteiger charge is -2.04. The van der Waals surface area contributed by atoms with Crippen LogP contribution in [0.4, 0.5) is 0 Å². The molecular formula is C10H16N2O2. The number of aromatic nitrogens is 2. The molecular weight excluding hydrogens is 180 g/mol. The number of aliphatic hydroxyl groups is 1. The van der Waals surface area contributed by atoms with Crippen molar-refractivity contribution in [2.45, 2.75) is 32.7 Å². The molecule has 1 rings (SSSR count). The van der Waals surface area contributed by atoms with Crippen LogP contribution in [-0.4, -0.2) is 21.3 Å². The Balaban J connectivity index is 2.47. The SMILES string of the molecule is Cc1cc(=O)n(CCCCCO)cn1. The maximum Gasteiger partial charge on any atom is 0.253 e. The number of hydrogen-bond acceptors (Lipinski definition) is 3. The Labute approximate surface area is 83.2 Å². The Morgan fingerprint density at radius 2 is 2.21 bits per heavy atom. The first-order chi connectivity index (χ1) is 6.74. The first-order valence-electron chi connectivity index (χ1n) is 4.88. The molecule has 4 nitrogen and oxygen atoms in total. The largest absolute Gasteiger partial charge is 0.396 e. The fourth-order valence-corrected chi connectivity index (χ4v) is 1.26. The van der Waals surface area contributed by atoms with E-state index in [9.17, 15) is 4.79 Å². The molecule has 0 spiro atoms. The molecule has 0 saturated heterocycles. The van der Waals surface area contributed by atoms with Gasteiger partial charge in [0.25, 0.3) is 5.56 Å². The monoisotopic (exact) mass is 196 g/mol. The van der Waals surface area contributed by atoms with Crippen molar-refractivity contribution in [2.75, 3.05) is 6.61 Å². The first-order valence-corrected chi connectivity index (χ1v) is 4.88. The number of aliphatic hydroxyl groups excluding tert-OH is 1. The van der Waals surface area contributed by atoms with E-state index in [1.807, 2.05) is 0 Å². The highest BCUT2D eigenvalue weighted by molar-refractivity contribution is 4.95. The summed E-state index contributed by atoms with van der Waals surface area (Å²) >= 11 is 0. The van der Waals surface area contributed by atoms with Gasteiger partial charge in [-0.05, 0) is 26.2 Å².